The molecule has 0 spiro atoms. The standard InChI is InChI=1S/C9H10O3S2/c1-14(11,12)8-4-2-3-7(5-8)6-9(10)13/h2-5H,6H2,1H3,(H,10,13). The summed E-state index contributed by atoms with van der Waals surface area (Å²) in [5.41, 5.74) is 0.660. The molecular formula is C9H10O3S2. The van der Waals surface area contributed by atoms with Crippen molar-refractivity contribution in [1.82, 2.24) is 0 Å². The molecule has 0 aromatic heterocycles. The maximum Gasteiger partial charge on any atom is 0.190 e. The van der Waals surface area contributed by atoms with E-state index >= 15 is 0 Å². The van der Waals surface area contributed by atoms with Gasteiger partial charge >= 0.3 is 0 Å². The summed E-state index contributed by atoms with van der Waals surface area (Å²) in [6, 6.07) is 6.30. The van der Waals surface area contributed by atoms with Gasteiger partial charge in [-0.25, -0.2) is 8.42 Å². The second-order valence-corrected chi connectivity index (χ2v) is 5.50. The zero-order valence-electron chi connectivity index (χ0n) is 7.60. The fourth-order valence-corrected chi connectivity index (χ4v) is 1.93. The van der Waals surface area contributed by atoms with Crippen LogP contribution < -0.4 is 0 Å². The highest BCUT2D eigenvalue weighted by atomic mass is 32.2. The van der Waals surface area contributed by atoms with Crippen LogP contribution >= 0.6 is 12.6 Å². The smallest absolute Gasteiger partial charge is 0.190 e. The van der Waals surface area contributed by atoms with Gasteiger partial charge < -0.3 is 0 Å². The van der Waals surface area contributed by atoms with Gasteiger partial charge in [-0.2, -0.15) is 0 Å². The van der Waals surface area contributed by atoms with Gasteiger partial charge in [0, 0.05) is 12.7 Å². The van der Waals surface area contributed by atoms with E-state index in [2.05, 4.69) is 12.6 Å². The Morgan fingerprint density at radius 2 is 2.07 bits per heavy atom. The Morgan fingerprint density at radius 3 is 2.57 bits per heavy atom. The molecule has 0 amide bonds. The minimum Gasteiger partial charge on any atom is -0.287 e. The fraction of sp³-hybridized carbons (Fsp3) is 0.222. The molecule has 76 valence electrons. The molecule has 3 nitrogen and oxygen atoms in total. The summed E-state index contributed by atoms with van der Waals surface area (Å²) in [4.78, 5) is 10.9. The summed E-state index contributed by atoms with van der Waals surface area (Å²) in [6.45, 7) is 0. The van der Waals surface area contributed by atoms with E-state index in [1.165, 1.54) is 12.1 Å². The molecule has 1 aromatic rings. The maximum atomic E-state index is 11.2. The van der Waals surface area contributed by atoms with Gasteiger partial charge in [0.25, 0.3) is 0 Å². The van der Waals surface area contributed by atoms with E-state index < -0.39 is 9.84 Å². The minimum atomic E-state index is -3.20. The Balaban J connectivity index is 3.08. The molecule has 0 aliphatic heterocycles. The van der Waals surface area contributed by atoms with Crippen molar-refractivity contribution in [3.63, 3.8) is 0 Å². The lowest BCUT2D eigenvalue weighted by molar-refractivity contribution is -0.110. The van der Waals surface area contributed by atoms with Gasteiger partial charge in [0.05, 0.1) is 4.90 Å². The maximum absolute atomic E-state index is 11.2. The normalized spacial score (nSPS) is 11.3. The predicted molar refractivity (Wildman–Crippen MR) is 57.2 cm³/mol. The van der Waals surface area contributed by atoms with Crippen LogP contribution in [0.2, 0.25) is 0 Å². The van der Waals surface area contributed by atoms with Crippen molar-refractivity contribution >= 4 is 27.6 Å². The highest BCUT2D eigenvalue weighted by molar-refractivity contribution is 7.96. The minimum absolute atomic E-state index is 0.145. The van der Waals surface area contributed by atoms with Crippen molar-refractivity contribution in [3.8, 4) is 0 Å². The zero-order chi connectivity index (χ0) is 10.8. The van der Waals surface area contributed by atoms with E-state index in [9.17, 15) is 13.2 Å². The summed E-state index contributed by atoms with van der Waals surface area (Å²) in [5, 5.41) is -0.282. The van der Waals surface area contributed by atoms with Gasteiger partial charge in [-0.3, -0.25) is 4.79 Å². The Morgan fingerprint density at radius 1 is 1.43 bits per heavy atom. The van der Waals surface area contributed by atoms with Crippen molar-refractivity contribution in [1.29, 1.82) is 0 Å². The molecule has 0 radical (unpaired) electrons. The Bertz CT molecular complexity index is 449. The lowest BCUT2D eigenvalue weighted by atomic mass is 10.2. The van der Waals surface area contributed by atoms with Crippen molar-refractivity contribution < 1.29 is 13.2 Å². The molecule has 0 fully saturated rings. The van der Waals surface area contributed by atoms with Crippen LogP contribution in [0, 0.1) is 0 Å². The second-order valence-electron chi connectivity index (χ2n) is 2.99. The molecule has 1 aromatic carbocycles. The molecule has 0 saturated heterocycles. The van der Waals surface area contributed by atoms with E-state index in [1.807, 2.05) is 0 Å². The molecule has 0 heterocycles. The summed E-state index contributed by atoms with van der Waals surface area (Å²) in [5.74, 6) is 0. The number of hydrogen-bond donors (Lipinski definition) is 1. The monoisotopic (exact) mass is 230 g/mol. The molecule has 0 unspecified atom stereocenters. The van der Waals surface area contributed by atoms with E-state index in [-0.39, 0.29) is 16.4 Å². The van der Waals surface area contributed by atoms with Gasteiger partial charge in [0.2, 0.25) is 0 Å². The Labute approximate surface area is 88.5 Å². The van der Waals surface area contributed by atoms with Crippen LogP contribution in [-0.2, 0) is 21.1 Å². The Kier molecular flexibility index (Phi) is 3.34. The molecule has 0 bridgehead atoms. The molecule has 0 aliphatic rings. The van der Waals surface area contributed by atoms with Crippen LogP contribution in [0.3, 0.4) is 0 Å². The SMILES string of the molecule is CS(=O)(=O)c1cccc(CC(=O)S)c1. The quantitative estimate of drug-likeness (QED) is 0.791. The molecule has 0 N–H and O–H groups in total. The van der Waals surface area contributed by atoms with E-state index in [1.54, 1.807) is 12.1 Å². The average Bonchev–Trinajstić information content (AvgIpc) is 2.01. The van der Waals surface area contributed by atoms with Crippen molar-refractivity contribution in [2.24, 2.45) is 0 Å². The third-order valence-corrected chi connectivity index (χ3v) is 2.95. The lowest BCUT2D eigenvalue weighted by Crippen LogP contribution is -1.99. The predicted octanol–water partition coefficient (Wildman–Crippen LogP) is 1.09. The molecule has 0 saturated carbocycles. The van der Waals surface area contributed by atoms with Crippen LogP contribution in [0.15, 0.2) is 29.2 Å². The first kappa shape index (κ1) is 11.3. The summed E-state index contributed by atoms with van der Waals surface area (Å²) < 4.78 is 22.3. The summed E-state index contributed by atoms with van der Waals surface area (Å²) in [7, 11) is -3.20. The third kappa shape index (κ3) is 3.16. The lowest BCUT2D eigenvalue weighted by Gasteiger charge is -2.01. The van der Waals surface area contributed by atoms with Crippen LogP contribution in [-0.4, -0.2) is 19.8 Å². The first-order valence-corrected chi connectivity index (χ1v) is 6.24. The van der Waals surface area contributed by atoms with E-state index in [0.717, 1.165) is 6.26 Å². The number of sulfone groups is 1. The molecule has 0 atom stereocenters. The molecule has 1 rings (SSSR count). The van der Waals surface area contributed by atoms with Crippen LogP contribution in [0.1, 0.15) is 5.56 Å². The molecular weight excluding hydrogens is 220 g/mol. The molecule has 0 aliphatic carbocycles. The zero-order valence-corrected chi connectivity index (χ0v) is 9.31. The topological polar surface area (TPSA) is 51.2 Å². The number of hydrogen-bond acceptors (Lipinski definition) is 3. The highest BCUT2D eigenvalue weighted by Gasteiger charge is 2.07. The summed E-state index contributed by atoms with van der Waals surface area (Å²) >= 11 is 3.63. The number of carbonyl (C=O) groups is 1. The van der Waals surface area contributed by atoms with Gasteiger partial charge in [-0.05, 0) is 17.7 Å². The van der Waals surface area contributed by atoms with Gasteiger partial charge in [0.1, 0.15) is 0 Å². The first-order chi connectivity index (χ1) is 6.39. The van der Waals surface area contributed by atoms with E-state index in [0.29, 0.717) is 5.56 Å². The average molecular weight is 230 g/mol. The largest absolute Gasteiger partial charge is 0.287 e. The van der Waals surface area contributed by atoms with Gasteiger partial charge in [0.15, 0.2) is 15.0 Å². The Hall–Kier alpha value is -0.810. The number of thiol groups is 1. The van der Waals surface area contributed by atoms with E-state index in [4.69, 9.17) is 0 Å². The summed E-state index contributed by atoms with van der Waals surface area (Å²) in [6.07, 6.45) is 1.28. The van der Waals surface area contributed by atoms with Crippen molar-refractivity contribution in [3.05, 3.63) is 29.8 Å². The van der Waals surface area contributed by atoms with Crippen molar-refractivity contribution in [2.75, 3.05) is 6.26 Å². The third-order valence-electron chi connectivity index (χ3n) is 1.68. The van der Waals surface area contributed by atoms with Crippen LogP contribution in [0.4, 0.5) is 0 Å². The van der Waals surface area contributed by atoms with Crippen LogP contribution in [0.5, 0.6) is 0 Å². The highest BCUT2D eigenvalue weighted by Crippen LogP contribution is 2.12. The van der Waals surface area contributed by atoms with Gasteiger partial charge in [-0.1, -0.05) is 12.1 Å². The van der Waals surface area contributed by atoms with Gasteiger partial charge in [-0.15, -0.1) is 12.6 Å². The van der Waals surface area contributed by atoms with Crippen molar-refractivity contribution in [2.45, 2.75) is 11.3 Å². The molecule has 5 heteroatoms. The number of rotatable bonds is 3. The fourth-order valence-electron chi connectivity index (χ4n) is 1.06. The number of carbonyl (C=O) groups excluding carboxylic acids is 1. The molecule has 14 heavy (non-hydrogen) atoms. The second kappa shape index (κ2) is 4.14. The number of benzene rings is 1. The van der Waals surface area contributed by atoms with Crippen LogP contribution in [0.25, 0.3) is 0 Å². The first-order valence-electron chi connectivity index (χ1n) is 3.90.